The van der Waals surface area contributed by atoms with E-state index in [-0.39, 0.29) is 0 Å². The molecule has 2 N–H and O–H groups in total. The Morgan fingerprint density at radius 3 is 2.62 bits per heavy atom. The monoisotopic (exact) mass is 182 g/mol. The van der Waals surface area contributed by atoms with Crippen molar-refractivity contribution < 1.29 is 0 Å². The predicted molar refractivity (Wildman–Crippen MR) is 52.5 cm³/mol. The van der Waals surface area contributed by atoms with Crippen LogP contribution in [0.5, 0.6) is 0 Å². The lowest BCUT2D eigenvalue weighted by Crippen LogP contribution is -2.04. The third kappa shape index (κ3) is 2.52. The van der Waals surface area contributed by atoms with E-state index < -0.39 is 0 Å². The Balaban J connectivity index is 2.67. The zero-order chi connectivity index (χ0) is 9.84. The molecule has 0 aliphatic rings. The van der Waals surface area contributed by atoms with E-state index in [1.807, 2.05) is 10.9 Å². The molecule has 1 unspecified atom stereocenters. The highest BCUT2D eigenvalue weighted by atomic mass is 15.4. The summed E-state index contributed by atoms with van der Waals surface area (Å²) in [6, 6.07) is 0.381. The van der Waals surface area contributed by atoms with Gasteiger partial charge in [-0.3, -0.25) is 0 Å². The van der Waals surface area contributed by atoms with Crippen LogP contribution in [0.4, 0.5) is 0 Å². The highest BCUT2D eigenvalue weighted by molar-refractivity contribution is 5.00. The number of nitrogens with zero attached hydrogens (tertiary/aromatic N) is 3. The van der Waals surface area contributed by atoms with Gasteiger partial charge in [0.25, 0.3) is 0 Å². The van der Waals surface area contributed by atoms with Crippen LogP contribution >= 0.6 is 0 Å². The van der Waals surface area contributed by atoms with Gasteiger partial charge >= 0.3 is 0 Å². The molecule has 0 aliphatic carbocycles. The van der Waals surface area contributed by atoms with E-state index in [1.54, 1.807) is 0 Å². The standard InChI is InChI=1S/C9H18N4/c1-7(2)13-6-9(11-12-13)8(3)4-5-10/h6-8H,4-5,10H2,1-3H3. The minimum atomic E-state index is 0.381. The van der Waals surface area contributed by atoms with Crippen LogP contribution in [0.15, 0.2) is 6.20 Å². The summed E-state index contributed by atoms with van der Waals surface area (Å²) in [6.07, 6.45) is 2.97. The Hall–Kier alpha value is -0.900. The van der Waals surface area contributed by atoms with Gasteiger partial charge < -0.3 is 5.73 Å². The van der Waals surface area contributed by atoms with Crippen molar-refractivity contribution in [3.63, 3.8) is 0 Å². The normalized spacial score (nSPS) is 13.6. The third-order valence-corrected chi connectivity index (χ3v) is 2.16. The first kappa shape index (κ1) is 10.2. The summed E-state index contributed by atoms with van der Waals surface area (Å²) in [7, 11) is 0. The first-order valence-electron chi connectivity index (χ1n) is 4.77. The van der Waals surface area contributed by atoms with Gasteiger partial charge in [-0.15, -0.1) is 5.10 Å². The molecule has 0 saturated heterocycles. The molecule has 1 atom stereocenters. The Bertz CT molecular complexity index is 254. The zero-order valence-electron chi connectivity index (χ0n) is 8.57. The molecular formula is C9H18N4. The second kappa shape index (κ2) is 4.37. The topological polar surface area (TPSA) is 56.7 Å². The molecule has 1 rings (SSSR count). The highest BCUT2D eigenvalue weighted by Gasteiger charge is 2.09. The minimum absolute atomic E-state index is 0.381. The molecule has 0 saturated carbocycles. The van der Waals surface area contributed by atoms with E-state index in [0.29, 0.717) is 18.5 Å². The van der Waals surface area contributed by atoms with E-state index in [2.05, 4.69) is 31.1 Å². The molecule has 0 bridgehead atoms. The van der Waals surface area contributed by atoms with Crippen LogP contribution in [0.25, 0.3) is 0 Å². The van der Waals surface area contributed by atoms with Crippen LogP contribution in [-0.4, -0.2) is 21.5 Å². The summed E-state index contributed by atoms with van der Waals surface area (Å²) >= 11 is 0. The van der Waals surface area contributed by atoms with Gasteiger partial charge in [0, 0.05) is 18.2 Å². The van der Waals surface area contributed by atoms with Crippen molar-refractivity contribution >= 4 is 0 Å². The summed E-state index contributed by atoms with van der Waals surface area (Å²) in [4.78, 5) is 0. The van der Waals surface area contributed by atoms with Gasteiger partial charge in [0.1, 0.15) is 0 Å². The summed E-state index contributed by atoms with van der Waals surface area (Å²) in [5.74, 6) is 0.414. The molecule has 0 amide bonds. The second-order valence-electron chi connectivity index (χ2n) is 3.70. The van der Waals surface area contributed by atoms with Gasteiger partial charge in [0.15, 0.2) is 0 Å². The Morgan fingerprint density at radius 2 is 2.15 bits per heavy atom. The molecule has 0 aliphatic heterocycles. The van der Waals surface area contributed by atoms with Crippen LogP contribution in [-0.2, 0) is 0 Å². The van der Waals surface area contributed by atoms with Gasteiger partial charge in [0.05, 0.1) is 5.69 Å². The molecule has 4 heteroatoms. The maximum atomic E-state index is 5.48. The van der Waals surface area contributed by atoms with E-state index >= 15 is 0 Å². The van der Waals surface area contributed by atoms with E-state index in [9.17, 15) is 0 Å². The van der Waals surface area contributed by atoms with Gasteiger partial charge in [-0.1, -0.05) is 12.1 Å². The molecule has 1 heterocycles. The van der Waals surface area contributed by atoms with Crippen molar-refractivity contribution in [2.75, 3.05) is 6.54 Å². The summed E-state index contributed by atoms with van der Waals surface area (Å²) in [5.41, 5.74) is 6.52. The fraction of sp³-hybridized carbons (Fsp3) is 0.778. The second-order valence-corrected chi connectivity index (χ2v) is 3.70. The molecule has 1 aromatic rings. The van der Waals surface area contributed by atoms with Crippen LogP contribution in [0.2, 0.25) is 0 Å². The summed E-state index contributed by atoms with van der Waals surface area (Å²) in [5, 5.41) is 8.16. The van der Waals surface area contributed by atoms with E-state index in [0.717, 1.165) is 12.1 Å². The van der Waals surface area contributed by atoms with Crippen molar-refractivity contribution in [1.29, 1.82) is 0 Å². The minimum Gasteiger partial charge on any atom is -0.330 e. The van der Waals surface area contributed by atoms with Crippen LogP contribution in [0.1, 0.15) is 44.8 Å². The Morgan fingerprint density at radius 1 is 1.46 bits per heavy atom. The molecular weight excluding hydrogens is 164 g/mol. The molecule has 74 valence electrons. The SMILES string of the molecule is CC(CCN)c1cn(C(C)C)nn1. The zero-order valence-corrected chi connectivity index (χ0v) is 8.57. The molecule has 0 radical (unpaired) electrons. The van der Waals surface area contributed by atoms with Gasteiger partial charge in [-0.2, -0.15) is 0 Å². The number of hydrogen-bond acceptors (Lipinski definition) is 3. The van der Waals surface area contributed by atoms with Gasteiger partial charge in [-0.05, 0) is 26.8 Å². The number of nitrogens with two attached hydrogens (primary N) is 1. The van der Waals surface area contributed by atoms with E-state index in [1.165, 1.54) is 0 Å². The van der Waals surface area contributed by atoms with E-state index in [4.69, 9.17) is 5.73 Å². The molecule has 0 fully saturated rings. The largest absolute Gasteiger partial charge is 0.330 e. The van der Waals surface area contributed by atoms with Crippen molar-refractivity contribution in [2.24, 2.45) is 5.73 Å². The quantitative estimate of drug-likeness (QED) is 0.763. The van der Waals surface area contributed by atoms with Crippen molar-refractivity contribution in [3.8, 4) is 0 Å². The molecule has 0 spiro atoms. The first-order valence-corrected chi connectivity index (χ1v) is 4.77. The average molecular weight is 182 g/mol. The molecule has 13 heavy (non-hydrogen) atoms. The van der Waals surface area contributed by atoms with Crippen molar-refractivity contribution in [3.05, 3.63) is 11.9 Å². The molecule has 0 aromatic carbocycles. The summed E-state index contributed by atoms with van der Waals surface area (Å²) < 4.78 is 1.88. The third-order valence-electron chi connectivity index (χ3n) is 2.16. The lowest BCUT2D eigenvalue weighted by atomic mass is 10.1. The van der Waals surface area contributed by atoms with Gasteiger partial charge in [-0.25, -0.2) is 4.68 Å². The fourth-order valence-corrected chi connectivity index (χ4v) is 1.17. The van der Waals surface area contributed by atoms with Crippen LogP contribution in [0.3, 0.4) is 0 Å². The Kier molecular flexibility index (Phi) is 3.42. The Labute approximate surface area is 79.1 Å². The van der Waals surface area contributed by atoms with Crippen LogP contribution < -0.4 is 5.73 Å². The number of rotatable bonds is 4. The number of aromatic nitrogens is 3. The fourth-order valence-electron chi connectivity index (χ4n) is 1.17. The van der Waals surface area contributed by atoms with Crippen molar-refractivity contribution in [1.82, 2.24) is 15.0 Å². The van der Waals surface area contributed by atoms with Crippen LogP contribution in [0, 0.1) is 0 Å². The highest BCUT2D eigenvalue weighted by Crippen LogP contribution is 2.15. The molecule has 4 nitrogen and oxygen atoms in total. The maximum absolute atomic E-state index is 5.48. The number of hydrogen-bond donors (Lipinski definition) is 1. The smallest absolute Gasteiger partial charge is 0.0855 e. The predicted octanol–water partition coefficient (Wildman–Crippen LogP) is 1.31. The maximum Gasteiger partial charge on any atom is 0.0855 e. The first-order chi connectivity index (χ1) is 6.15. The summed E-state index contributed by atoms with van der Waals surface area (Å²) in [6.45, 7) is 7.01. The van der Waals surface area contributed by atoms with Crippen molar-refractivity contribution in [2.45, 2.75) is 39.2 Å². The average Bonchev–Trinajstić information content (AvgIpc) is 2.52. The lowest BCUT2D eigenvalue weighted by Gasteiger charge is -2.05. The molecule has 1 aromatic heterocycles. The van der Waals surface area contributed by atoms with Gasteiger partial charge in [0.2, 0.25) is 0 Å². The lowest BCUT2D eigenvalue weighted by molar-refractivity contribution is 0.514.